The van der Waals surface area contributed by atoms with Crippen LogP contribution in [0.2, 0.25) is 0 Å². The molecule has 3 unspecified atom stereocenters. The van der Waals surface area contributed by atoms with Crippen LogP contribution in [0.3, 0.4) is 0 Å². The van der Waals surface area contributed by atoms with Gasteiger partial charge < -0.3 is 19.5 Å². The Morgan fingerprint density at radius 2 is 2.11 bits per heavy atom. The van der Waals surface area contributed by atoms with Gasteiger partial charge in [-0.25, -0.2) is 4.98 Å². The van der Waals surface area contributed by atoms with Crippen molar-refractivity contribution in [3.63, 3.8) is 0 Å². The molecule has 3 aliphatic rings. The first-order chi connectivity index (χ1) is 18.1. The van der Waals surface area contributed by atoms with Crippen LogP contribution in [0.5, 0.6) is 0 Å². The van der Waals surface area contributed by atoms with Gasteiger partial charge in [-0.1, -0.05) is 24.3 Å². The summed E-state index contributed by atoms with van der Waals surface area (Å²) < 4.78 is 17.9. The van der Waals surface area contributed by atoms with Gasteiger partial charge in [0.1, 0.15) is 5.82 Å². The minimum Gasteiger partial charge on any atom is -0.444 e. The third-order valence-corrected chi connectivity index (χ3v) is 8.26. The molecule has 0 bridgehead atoms. The molecular formula is C30H41N3O4. The van der Waals surface area contributed by atoms with E-state index in [4.69, 9.17) is 19.2 Å². The standard InChI is InChI=1S/C30H41N3O4/c1-21-28-22(15-18-35-21)7-5-10-27(28)30(37-20-34)33(2)25-13-14-26(19-25)36-17-4-3-9-24-12-11-23-8-6-16-31-29(23)32-24/h5,7,10-12,20-21,25-26,30H,3-4,6,8-9,13-19H2,1-2H3,(H,31,32)/t21?,25-,26?,30?/m0/s1. The molecule has 0 spiro atoms. The van der Waals surface area contributed by atoms with Crippen LogP contribution < -0.4 is 5.32 Å². The molecule has 7 heteroatoms. The summed E-state index contributed by atoms with van der Waals surface area (Å²) in [6.45, 7) is 5.19. The molecular weight excluding hydrogens is 466 g/mol. The predicted molar refractivity (Wildman–Crippen MR) is 144 cm³/mol. The Balaban J connectivity index is 1.10. The van der Waals surface area contributed by atoms with Crippen LogP contribution in [-0.2, 0) is 38.3 Å². The van der Waals surface area contributed by atoms with E-state index in [2.05, 4.69) is 54.5 Å². The minimum absolute atomic E-state index is 0.00136. The molecule has 37 heavy (non-hydrogen) atoms. The van der Waals surface area contributed by atoms with Gasteiger partial charge in [0, 0.05) is 30.5 Å². The van der Waals surface area contributed by atoms with Crippen LogP contribution in [0, 0.1) is 0 Å². The Labute approximate surface area is 220 Å². The molecule has 0 saturated heterocycles. The third-order valence-electron chi connectivity index (χ3n) is 8.26. The number of hydrogen-bond acceptors (Lipinski definition) is 7. The fourth-order valence-electron chi connectivity index (χ4n) is 6.23. The summed E-state index contributed by atoms with van der Waals surface area (Å²) in [4.78, 5) is 18.5. The van der Waals surface area contributed by atoms with Gasteiger partial charge in [-0.05, 0) is 94.5 Å². The van der Waals surface area contributed by atoms with E-state index in [1.165, 1.54) is 28.8 Å². The van der Waals surface area contributed by atoms with Crippen LogP contribution in [0.15, 0.2) is 30.3 Å². The van der Waals surface area contributed by atoms with Gasteiger partial charge in [0.15, 0.2) is 6.23 Å². The Morgan fingerprint density at radius 3 is 3.00 bits per heavy atom. The maximum atomic E-state index is 11.5. The van der Waals surface area contributed by atoms with E-state index in [0.717, 1.165) is 82.5 Å². The zero-order chi connectivity index (χ0) is 25.6. The van der Waals surface area contributed by atoms with Crippen molar-refractivity contribution >= 4 is 12.3 Å². The number of nitrogens with zero attached hydrogens (tertiary/aromatic N) is 2. The lowest BCUT2D eigenvalue weighted by Gasteiger charge is -2.35. The summed E-state index contributed by atoms with van der Waals surface area (Å²) in [5, 5.41) is 3.42. The Morgan fingerprint density at radius 1 is 1.19 bits per heavy atom. The molecule has 200 valence electrons. The SMILES string of the molecule is CC1OCCc2cccc(C(OC=O)N(C)[C@H]3CCC(OCCCCc4ccc5c(n4)NCCC5)C3)c21. The fraction of sp³-hybridized carbons (Fsp3) is 0.600. The van der Waals surface area contributed by atoms with Gasteiger partial charge in [-0.2, -0.15) is 0 Å². The van der Waals surface area contributed by atoms with Crippen molar-refractivity contribution in [1.29, 1.82) is 0 Å². The van der Waals surface area contributed by atoms with E-state index in [9.17, 15) is 4.79 Å². The summed E-state index contributed by atoms with van der Waals surface area (Å²) in [6, 6.07) is 11.0. The molecule has 1 aromatic heterocycles. The third kappa shape index (κ3) is 6.16. The van der Waals surface area contributed by atoms with Crippen LogP contribution in [0.1, 0.15) is 85.7 Å². The van der Waals surface area contributed by atoms with E-state index < -0.39 is 6.23 Å². The number of fused-ring (bicyclic) bond motifs is 2. The summed E-state index contributed by atoms with van der Waals surface area (Å²) in [5.74, 6) is 1.08. The molecule has 0 radical (unpaired) electrons. The van der Waals surface area contributed by atoms with E-state index in [0.29, 0.717) is 12.5 Å². The highest BCUT2D eigenvalue weighted by Gasteiger charge is 2.35. The molecule has 1 N–H and O–H groups in total. The maximum Gasteiger partial charge on any atom is 0.294 e. The number of carbonyl (C=O) groups is 1. The van der Waals surface area contributed by atoms with Gasteiger partial charge in [0.2, 0.25) is 0 Å². The van der Waals surface area contributed by atoms with Crippen LogP contribution >= 0.6 is 0 Å². The molecule has 5 rings (SSSR count). The lowest BCUT2D eigenvalue weighted by molar-refractivity contribution is -0.145. The number of hydrogen-bond donors (Lipinski definition) is 1. The number of pyridine rings is 1. The first kappa shape index (κ1) is 26.1. The molecule has 1 aliphatic carbocycles. The number of aromatic nitrogens is 1. The first-order valence-electron chi connectivity index (χ1n) is 14.0. The van der Waals surface area contributed by atoms with Gasteiger partial charge in [-0.3, -0.25) is 9.69 Å². The summed E-state index contributed by atoms with van der Waals surface area (Å²) in [5.41, 5.74) is 6.00. The lowest BCUT2D eigenvalue weighted by atomic mass is 9.92. The summed E-state index contributed by atoms with van der Waals surface area (Å²) in [7, 11) is 2.06. The van der Waals surface area contributed by atoms with Crippen molar-refractivity contribution < 1.29 is 19.0 Å². The molecule has 7 nitrogen and oxygen atoms in total. The van der Waals surface area contributed by atoms with Gasteiger partial charge in [0.25, 0.3) is 6.47 Å². The maximum absolute atomic E-state index is 11.5. The topological polar surface area (TPSA) is 72.9 Å². The average molecular weight is 508 g/mol. The van der Waals surface area contributed by atoms with Gasteiger partial charge in [0.05, 0.1) is 18.8 Å². The number of benzene rings is 1. The Bertz CT molecular complexity index is 1060. The van der Waals surface area contributed by atoms with Crippen molar-refractivity contribution in [2.75, 3.05) is 32.1 Å². The van der Waals surface area contributed by atoms with Crippen molar-refractivity contribution in [2.45, 2.75) is 89.2 Å². The second-order valence-corrected chi connectivity index (χ2v) is 10.7. The highest BCUT2D eigenvalue weighted by atomic mass is 16.5. The average Bonchev–Trinajstić information content (AvgIpc) is 3.40. The smallest absolute Gasteiger partial charge is 0.294 e. The van der Waals surface area contributed by atoms with Crippen molar-refractivity contribution in [3.05, 3.63) is 58.3 Å². The molecule has 2 aromatic rings. The molecule has 1 aromatic carbocycles. The number of ether oxygens (including phenoxy) is 3. The Kier molecular flexibility index (Phi) is 8.74. The number of nitrogens with one attached hydrogen (secondary N) is 1. The number of aryl methyl sites for hydroxylation is 2. The minimum atomic E-state index is -0.418. The first-order valence-corrected chi connectivity index (χ1v) is 14.0. The van der Waals surface area contributed by atoms with Crippen molar-refractivity contribution in [2.24, 2.45) is 0 Å². The quantitative estimate of drug-likeness (QED) is 0.257. The van der Waals surface area contributed by atoms with Crippen LogP contribution in [-0.4, -0.2) is 55.3 Å². The van der Waals surface area contributed by atoms with E-state index >= 15 is 0 Å². The molecule has 3 heterocycles. The summed E-state index contributed by atoms with van der Waals surface area (Å²) in [6.07, 6.45) is 9.17. The highest BCUT2D eigenvalue weighted by Crippen LogP contribution is 2.38. The lowest BCUT2D eigenvalue weighted by Crippen LogP contribution is -2.36. The van der Waals surface area contributed by atoms with Crippen molar-refractivity contribution in [1.82, 2.24) is 9.88 Å². The van der Waals surface area contributed by atoms with Gasteiger partial charge >= 0.3 is 0 Å². The largest absolute Gasteiger partial charge is 0.444 e. The van der Waals surface area contributed by atoms with E-state index in [1.807, 2.05) is 0 Å². The summed E-state index contributed by atoms with van der Waals surface area (Å²) >= 11 is 0. The molecule has 1 fully saturated rings. The zero-order valence-corrected chi connectivity index (χ0v) is 22.3. The van der Waals surface area contributed by atoms with Gasteiger partial charge in [-0.15, -0.1) is 0 Å². The molecule has 1 saturated carbocycles. The van der Waals surface area contributed by atoms with E-state index in [-0.39, 0.29) is 12.2 Å². The van der Waals surface area contributed by atoms with Crippen LogP contribution in [0.4, 0.5) is 5.82 Å². The molecule has 2 aliphatic heterocycles. The highest BCUT2D eigenvalue weighted by molar-refractivity contribution is 5.47. The predicted octanol–water partition coefficient (Wildman–Crippen LogP) is 5.14. The molecule has 0 amide bonds. The second kappa shape index (κ2) is 12.4. The number of rotatable bonds is 11. The molecule has 4 atom stereocenters. The number of unbranched alkanes of at least 4 members (excludes halogenated alkanes) is 1. The van der Waals surface area contributed by atoms with Crippen molar-refractivity contribution in [3.8, 4) is 0 Å². The van der Waals surface area contributed by atoms with E-state index in [1.54, 1.807) is 0 Å². The fourth-order valence-corrected chi connectivity index (χ4v) is 6.23. The number of carbonyl (C=O) groups excluding carboxylic acids is 1. The monoisotopic (exact) mass is 507 g/mol. The van der Waals surface area contributed by atoms with Crippen LogP contribution in [0.25, 0.3) is 0 Å². The normalized spacial score (nSPS) is 23.7. The Hall–Kier alpha value is -2.48. The number of anilines is 1. The zero-order valence-electron chi connectivity index (χ0n) is 22.3. The second-order valence-electron chi connectivity index (χ2n) is 10.7.